The van der Waals surface area contributed by atoms with Crippen molar-refractivity contribution in [3.05, 3.63) is 53.6 Å². The Balaban J connectivity index is 1.83. The van der Waals surface area contributed by atoms with Crippen LogP contribution in [0, 0.1) is 0 Å². The molecular formula is C18H19ClN2O3S. The van der Waals surface area contributed by atoms with Gasteiger partial charge in [-0.25, -0.2) is 0 Å². The zero-order chi connectivity index (χ0) is 18.2. The minimum absolute atomic E-state index is 0.0390. The number of ether oxygens (including phenoxy) is 1. The van der Waals surface area contributed by atoms with Gasteiger partial charge in [0.2, 0.25) is 11.8 Å². The van der Waals surface area contributed by atoms with E-state index in [0.717, 1.165) is 10.6 Å². The maximum Gasteiger partial charge on any atom is 0.244 e. The summed E-state index contributed by atoms with van der Waals surface area (Å²) >= 11 is 7.40. The minimum atomic E-state index is -0.296. The molecule has 1 N–H and O–H groups in total. The number of para-hydroxylation sites is 1. The predicted molar refractivity (Wildman–Crippen MR) is 101 cm³/mol. The average Bonchev–Trinajstić information content (AvgIpc) is 2.61. The molecule has 0 heterocycles. The lowest BCUT2D eigenvalue weighted by atomic mass is 10.3. The summed E-state index contributed by atoms with van der Waals surface area (Å²) in [7, 11) is 3.20. The summed E-state index contributed by atoms with van der Waals surface area (Å²) in [5.74, 6) is 0.547. The van der Waals surface area contributed by atoms with Gasteiger partial charge < -0.3 is 15.0 Å². The van der Waals surface area contributed by atoms with Gasteiger partial charge in [-0.2, -0.15) is 0 Å². The Labute approximate surface area is 156 Å². The highest BCUT2D eigenvalue weighted by atomic mass is 35.5. The van der Waals surface area contributed by atoms with Crippen LogP contribution >= 0.6 is 23.4 Å². The molecular weight excluding hydrogens is 360 g/mol. The van der Waals surface area contributed by atoms with Crippen molar-refractivity contribution in [1.82, 2.24) is 4.90 Å². The van der Waals surface area contributed by atoms with Gasteiger partial charge in [-0.3, -0.25) is 9.59 Å². The molecule has 7 heteroatoms. The number of halogens is 1. The molecule has 0 aliphatic heterocycles. The monoisotopic (exact) mass is 378 g/mol. The number of likely N-dealkylation sites (N-methyl/N-ethyl adjacent to an activating group) is 1. The van der Waals surface area contributed by atoms with E-state index in [0.29, 0.717) is 10.7 Å². The molecule has 2 rings (SSSR count). The number of methoxy groups -OCH3 is 1. The van der Waals surface area contributed by atoms with Crippen LogP contribution in [0.4, 0.5) is 5.69 Å². The first-order chi connectivity index (χ1) is 12.0. The maximum absolute atomic E-state index is 12.2. The molecule has 5 nitrogen and oxygen atoms in total. The first kappa shape index (κ1) is 19.1. The fourth-order valence-electron chi connectivity index (χ4n) is 2.00. The molecule has 0 aromatic heterocycles. The Kier molecular flexibility index (Phi) is 7.16. The second kappa shape index (κ2) is 9.34. The molecule has 0 aliphatic rings. The third-order valence-electron chi connectivity index (χ3n) is 3.36. The van der Waals surface area contributed by atoms with Gasteiger partial charge in [-0.15, -0.1) is 11.8 Å². The van der Waals surface area contributed by atoms with Crippen molar-refractivity contribution in [1.29, 1.82) is 0 Å². The van der Waals surface area contributed by atoms with Crippen molar-refractivity contribution in [2.75, 3.05) is 31.8 Å². The smallest absolute Gasteiger partial charge is 0.244 e. The third kappa shape index (κ3) is 5.99. The first-order valence-corrected chi connectivity index (χ1v) is 8.91. The lowest BCUT2D eigenvalue weighted by Gasteiger charge is -2.17. The van der Waals surface area contributed by atoms with Crippen LogP contribution in [0.1, 0.15) is 0 Å². The standard InChI is InChI=1S/C18H19ClN2O3S/c1-21(11-17(22)20-16-9-4-3-8-15(16)19)18(23)12-25-14-7-5-6-13(10-14)24-2/h3-10H,11-12H2,1-2H3,(H,20,22). The number of amides is 2. The number of nitrogens with one attached hydrogen (secondary N) is 1. The number of nitrogens with zero attached hydrogens (tertiary/aromatic N) is 1. The van der Waals surface area contributed by atoms with Gasteiger partial charge in [-0.05, 0) is 30.3 Å². The zero-order valence-corrected chi connectivity index (χ0v) is 15.6. The summed E-state index contributed by atoms with van der Waals surface area (Å²) in [4.78, 5) is 26.6. The van der Waals surface area contributed by atoms with Crippen molar-refractivity contribution in [2.45, 2.75) is 4.90 Å². The van der Waals surface area contributed by atoms with Gasteiger partial charge in [0.15, 0.2) is 0 Å². The lowest BCUT2D eigenvalue weighted by Crippen LogP contribution is -2.36. The molecule has 0 radical (unpaired) electrons. The Morgan fingerprint density at radius 2 is 1.96 bits per heavy atom. The fourth-order valence-corrected chi connectivity index (χ4v) is 3.07. The fraction of sp³-hybridized carbons (Fsp3) is 0.222. The molecule has 0 spiro atoms. The topological polar surface area (TPSA) is 58.6 Å². The molecule has 132 valence electrons. The molecule has 0 fully saturated rings. The number of anilines is 1. The van der Waals surface area contributed by atoms with Gasteiger partial charge in [0.25, 0.3) is 0 Å². The molecule has 0 bridgehead atoms. The van der Waals surface area contributed by atoms with Gasteiger partial charge in [0, 0.05) is 11.9 Å². The van der Waals surface area contributed by atoms with Gasteiger partial charge >= 0.3 is 0 Å². The van der Waals surface area contributed by atoms with E-state index in [2.05, 4.69) is 5.32 Å². The van der Waals surface area contributed by atoms with Crippen LogP contribution < -0.4 is 10.1 Å². The molecule has 2 amide bonds. The Morgan fingerprint density at radius 1 is 1.20 bits per heavy atom. The van der Waals surface area contributed by atoms with Crippen LogP contribution in [-0.2, 0) is 9.59 Å². The van der Waals surface area contributed by atoms with Crippen molar-refractivity contribution in [3.8, 4) is 5.75 Å². The number of hydrogen-bond acceptors (Lipinski definition) is 4. The molecule has 25 heavy (non-hydrogen) atoms. The second-order valence-corrected chi connectivity index (χ2v) is 6.70. The number of thioether (sulfide) groups is 1. The van der Waals surface area contributed by atoms with Crippen LogP contribution in [0.5, 0.6) is 5.75 Å². The van der Waals surface area contributed by atoms with Crippen LogP contribution in [-0.4, -0.2) is 43.2 Å². The number of hydrogen-bond donors (Lipinski definition) is 1. The van der Waals surface area contributed by atoms with Crippen LogP contribution in [0.2, 0.25) is 5.02 Å². The highest BCUT2D eigenvalue weighted by Gasteiger charge is 2.14. The number of carbonyl (C=O) groups is 2. The van der Waals surface area contributed by atoms with E-state index < -0.39 is 0 Å². The number of rotatable bonds is 7. The zero-order valence-electron chi connectivity index (χ0n) is 14.0. The number of benzene rings is 2. The number of carbonyl (C=O) groups excluding carboxylic acids is 2. The van der Waals surface area contributed by atoms with E-state index in [4.69, 9.17) is 16.3 Å². The van der Waals surface area contributed by atoms with E-state index in [1.165, 1.54) is 16.7 Å². The van der Waals surface area contributed by atoms with Crippen molar-refractivity contribution in [3.63, 3.8) is 0 Å². The van der Waals surface area contributed by atoms with Crippen LogP contribution in [0.25, 0.3) is 0 Å². The Hall–Kier alpha value is -2.18. The summed E-state index contributed by atoms with van der Waals surface area (Å²) in [5, 5.41) is 3.15. The lowest BCUT2D eigenvalue weighted by molar-refractivity contribution is -0.131. The minimum Gasteiger partial charge on any atom is -0.497 e. The van der Waals surface area contributed by atoms with Crippen molar-refractivity contribution < 1.29 is 14.3 Å². The van der Waals surface area contributed by atoms with E-state index in [1.54, 1.807) is 38.4 Å². The maximum atomic E-state index is 12.2. The molecule has 0 unspecified atom stereocenters. The third-order valence-corrected chi connectivity index (χ3v) is 4.67. The van der Waals surface area contributed by atoms with E-state index in [9.17, 15) is 9.59 Å². The Bertz CT molecular complexity index is 755. The highest BCUT2D eigenvalue weighted by Crippen LogP contribution is 2.23. The van der Waals surface area contributed by atoms with Crippen molar-refractivity contribution in [2.24, 2.45) is 0 Å². The van der Waals surface area contributed by atoms with Gasteiger partial charge in [0.1, 0.15) is 5.75 Å². The molecule has 2 aromatic rings. The summed E-state index contributed by atoms with van der Waals surface area (Å²) in [6, 6.07) is 14.4. The molecule has 0 saturated carbocycles. The van der Waals surface area contributed by atoms with Gasteiger partial charge in [0.05, 0.1) is 30.1 Å². The molecule has 0 saturated heterocycles. The normalized spacial score (nSPS) is 10.2. The summed E-state index contributed by atoms with van der Waals surface area (Å²) < 4.78 is 5.16. The average molecular weight is 379 g/mol. The van der Waals surface area contributed by atoms with E-state index in [-0.39, 0.29) is 24.1 Å². The van der Waals surface area contributed by atoms with Crippen molar-refractivity contribution >= 4 is 40.9 Å². The summed E-state index contributed by atoms with van der Waals surface area (Å²) in [5.41, 5.74) is 0.528. The van der Waals surface area contributed by atoms with Crippen LogP contribution in [0.3, 0.4) is 0 Å². The van der Waals surface area contributed by atoms with Gasteiger partial charge in [-0.1, -0.05) is 29.8 Å². The quantitative estimate of drug-likeness (QED) is 0.749. The second-order valence-electron chi connectivity index (χ2n) is 5.25. The van der Waals surface area contributed by atoms with Crippen LogP contribution in [0.15, 0.2) is 53.4 Å². The Morgan fingerprint density at radius 3 is 2.68 bits per heavy atom. The first-order valence-electron chi connectivity index (χ1n) is 7.55. The SMILES string of the molecule is COc1cccc(SCC(=O)N(C)CC(=O)Nc2ccccc2Cl)c1. The summed E-state index contributed by atoms with van der Waals surface area (Å²) in [6.45, 7) is -0.0390. The summed E-state index contributed by atoms with van der Waals surface area (Å²) in [6.07, 6.45) is 0. The van der Waals surface area contributed by atoms with E-state index >= 15 is 0 Å². The predicted octanol–water partition coefficient (Wildman–Crippen LogP) is 3.54. The molecule has 2 aromatic carbocycles. The van der Waals surface area contributed by atoms with E-state index in [1.807, 2.05) is 24.3 Å². The molecule has 0 aliphatic carbocycles. The molecule has 0 atom stereocenters. The highest BCUT2D eigenvalue weighted by molar-refractivity contribution is 8.00. The largest absolute Gasteiger partial charge is 0.497 e.